The molecule has 0 aromatic rings. The van der Waals surface area contributed by atoms with Crippen LogP contribution in [-0.2, 0) is 20.0 Å². The van der Waals surface area contributed by atoms with Gasteiger partial charge in [-0.1, -0.05) is 4.13 Å². The first-order valence-corrected chi connectivity index (χ1v) is 6.21. The molecule has 0 unspecified atom stereocenters. The van der Waals surface area contributed by atoms with Crippen molar-refractivity contribution in [3.05, 3.63) is 0 Å². The Kier molecular flexibility index (Phi) is 6.35. The van der Waals surface area contributed by atoms with Gasteiger partial charge in [-0.05, 0) is 0 Å². The van der Waals surface area contributed by atoms with E-state index in [9.17, 15) is 52.0 Å². The zero-order valence-electron chi connectivity index (χ0n) is 7.47. The molecule has 0 fully saturated rings. The zero-order valence-corrected chi connectivity index (χ0v) is 9.11. The molecular formula is C3H2F8NNaO4S2. The van der Waals surface area contributed by atoms with Crippen molar-refractivity contribution in [2.45, 2.75) is 16.9 Å². The second-order valence-electron chi connectivity index (χ2n) is 2.55. The molecule has 0 atom stereocenters. The van der Waals surface area contributed by atoms with Gasteiger partial charge in [-0.25, -0.2) is 16.8 Å². The average Bonchev–Trinajstić information content (AvgIpc) is 1.96. The van der Waals surface area contributed by atoms with Crippen molar-refractivity contribution >= 4 is 49.6 Å². The molecule has 0 aromatic heterocycles. The Bertz CT molecular complexity index is 517. The van der Waals surface area contributed by atoms with Gasteiger partial charge in [-0.2, -0.15) is 35.1 Å². The summed E-state index contributed by atoms with van der Waals surface area (Å²) in [5.41, 5.74) is -6.37. The number of rotatable bonds is 3. The van der Waals surface area contributed by atoms with E-state index in [0.29, 0.717) is 0 Å². The molecular weight excluding hydrogens is 353 g/mol. The van der Waals surface area contributed by atoms with E-state index in [1.807, 2.05) is 0 Å². The Hall–Kier alpha value is 0.300. The third-order valence-electron chi connectivity index (χ3n) is 1.19. The van der Waals surface area contributed by atoms with Gasteiger partial charge < -0.3 is 0 Å². The van der Waals surface area contributed by atoms with Crippen LogP contribution in [0.25, 0.3) is 0 Å². The fourth-order valence-electron chi connectivity index (χ4n) is 0.396. The number of hydrogen-bond acceptors (Lipinski definition) is 4. The van der Waals surface area contributed by atoms with Gasteiger partial charge in [0.2, 0.25) is 0 Å². The van der Waals surface area contributed by atoms with Crippen molar-refractivity contribution < 1.29 is 52.0 Å². The van der Waals surface area contributed by atoms with E-state index in [-0.39, 0.29) is 29.6 Å². The molecule has 19 heavy (non-hydrogen) atoms. The van der Waals surface area contributed by atoms with Crippen LogP contribution in [0, 0.1) is 0 Å². The Labute approximate surface area is 122 Å². The van der Waals surface area contributed by atoms with Crippen LogP contribution in [0.2, 0.25) is 0 Å². The second-order valence-corrected chi connectivity index (χ2v) is 6.21. The van der Waals surface area contributed by atoms with Gasteiger partial charge in [0.15, 0.2) is 0 Å². The summed E-state index contributed by atoms with van der Waals surface area (Å²) in [6.07, 6.45) is -6.79. The Morgan fingerprint density at radius 1 is 0.684 bits per heavy atom. The number of alkyl halides is 8. The molecule has 0 heterocycles. The van der Waals surface area contributed by atoms with Crippen LogP contribution in [-0.4, -0.2) is 63.3 Å². The maximum atomic E-state index is 12.2. The van der Waals surface area contributed by atoms with Crippen LogP contribution in [0.3, 0.4) is 0 Å². The van der Waals surface area contributed by atoms with Gasteiger partial charge in [0.05, 0.1) is 0 Å². The quantitative estimate of drug-likeness (QED) is 0.582. The number of hydrogen-bond donors (Lipinski definition) is 1. The normalized spacial score (nSPS) is 14.9. The summed E-state index contributed by atoms with van der Waals surface area (Å²) in [6.45, 7) is 0. The molecule has 16 heteroatoms. The van der Waals surface area contributed by atoms with E-state index in [1.54, 1.807) is 0 Å². The molecule has 0 aliphatic carbocycles. The molecule has 0 saturated carbocycles. The molecule has 0 aliphatic heterocycles. The predicted octanol–water partition coefficient (Wildman–Crippen LogP) is 0.262. The molecule has 1 N–H and O–H groups in total. The van der Waals surface area contributed by atoms with Crippen LogP contribution in [0.5, 0.6) is 0 Å². The van der Waals surface area contributed by atoms with E-state index >= 15 is 0 Å². The summed E-state index contributed by atoms with van der Waals surface area (Å²) >= 11 is 0. The molecule has 0 amide bonds. The third-order valence-corrected chi connectivity index (χ3v) is 4.46. The molecule has 0 saturated heterocycles. The van der Waals surface area contributed by atoms with Crippen molar-refractivity contribution in [1.82, 2.24) is 4.13 Å². The van der Waals surface area contributed by atoms with Crippen molar-refractivity contribution in [3.8, 4) is 0 Å². The Morgan fingerprint density at radius 3 is 1.21 bits per heavy atom. The summed E-state index contributed by atoms with van der Waals surface area (Å²) < 4.78 is 134. The first kappa shape index (κ1) is 21.6. The average molecular weight is 355 g/mol. The molecule has 0 spiro atoms. The molecule has 112 valence electrons. The topological polar surface area (TPSA) is 80.3 Å². The third kappa shape index (κ3) is 4.38. The summed E-state index contributed by atoms with van der Waals surface area (Å²) in [5.74, 6) is 0. The standard InChI is InChI=1S/C3HF8NO4S2.Na.H/c4-1(5,6)2(7,8)17(13,14)12-18(15,16)3(9,10)11;;/h12H;;. The van der Waals surface area contributed by atoms with Crippen LogP contribution in [0.1, 0.15) is 0 Å². The van der Waals surface area contributed by atoms with Crippen molar-refractivity contribution in [2.24, 2.45) is 0 Å². The van der Waals surface area contributed by atoms with Crippen LogP contribution in [0.4, 0.5) is 35.1 Å². The van der Waals surface area contributed by atoms with Crippen molar-refractivity contribution in [2.75, 3.05) is 0 Å². The monoisotopic (exact) mass is 355 g/mol. The van der Waals surface area contributed by atoms with Gasteiger partial charge >= 0.3 is 66.5 Å². The van der Waals surface area contributed by atoms with Gasteiger partial charge in [0.25, 0.3) is 0 Å². The van der Waals surface area contributed by atoms with E-state index in [4.69, 9.17) is 0 Å². The molecule has 0 rings (SSSR count). The van der Waals surface area contributed by atoms with E-state index in [2.05, 4.69) is 0 Å². The van der Waals surface area contributed by atoms with Crippen LogP contribution in [0.15, 0.2) is 0 Å². The maximum absolute atomic E-state index is 12.2. The van der Waals surface area contributed by atoms with Crippen molar-refractivity contribution in [1.29, 1.82) is 0 Å². The Morgan fingerprint density at radius 2 is 1.00 bits per heavy atom. The summed E-state index contributed by atoms with van der Waals surface area (Å²) in [4.78, 5) is 0. The van der Waals surface area contributed by atoms with Gasteiger partial charge in [-0.3, -0.25) is 0 Å². The van der Waals surface area contributed by atoms with Crippen LogP contribution < -0.4 is 4.13 Å². The first-order valence-electron chi connectivity index (χ1n) is 3.25. The molecule has 0 bridgehead atoms. The Balaban J connectivity index is 0. The van der Waals surface area contributed by atoms with E-state index in [1.165, 1.54) is 0 Å². The van der Waals surface area contributed by atoms with E-state index in [0.717, 1.165) is 0 Å². The minimum absolute atomic E-state index is 0. The second kappa shape index (κ2) is 5.59. The minimum atomic E-state index is -7.17. The number of sulfonamides is 2. The molecule has 0 aromatic carbocycles. The van der Waals surface area contributed by atoms with Gasteiger partial charge in [0, 0.05) is 0 Å². The fourth-order valence-corrected chi connectivity index (χ4v) is 2.65. The van der Waals surface area contributed by atoms with Crippen molar-refractivity contribution in [3.63, 3.8) is 0 Å². The van der Waals surface area contributed by atoms with E-state index < -0.39 is 41.1 Å². The van der Waals surface area contributed by atoms with Crippen LogP contribution >= 0.6 is 0 Å². The summed E-state index contributed by atoms with van der Waals surface area (Å²) in [7, 11) is -14.1. The SMILES string of the molecule is O=S(=O)(NS(=O)(=O)C(F)(F)C(F)(F)F)C(F)(F)F.[NaH]. The summed E-state index contributed by atoms with van der Waals surface area (Å²) in [5, 5.41) is -6.71. The number of halogens is 8. The molecule has 0 radical (unpaired) electrons. The summed E-state index contributed by atoms with van der Waals surface area (Å²) in [6, 6.07) is 0. The first-order chi connectivity index (χ1) is 7.46. The zero-order chi connectivity index (χ0) is 15.2. The van der Waals surface area contributed by atoms with Gasteiger partial charge in [0.1, 0.15) is 0 Å². The van der Waals surface area contributed by atoms with Gasteiger partial charge in [-0.15, -0.1) is 0 Å². The number of nitrogens with one attached hydrogen (secondary N) is 1. The fraction of sp³-hybridized carbons (Fsp3) is 1.00. The molecule has 0 aliphatic rings. The predicted molar refractivity (Wildman–Crippen MR) is 45.2 cm³/mol. The molecule has 5 nitrogen and oxygen atoms in total.